The number of cyclic esters (lactones) is 1. The summed E-state index contributed by atoms with van der Waals surface area (Å²) in [6.45, 7) is 61.1. The van der Waals surface area contributed by atoms with Gasteiger partial charge in [0.1, 0.15) is 30.7 Å². The van der Waals surface area contributed by atoms with Gasteiger partial charge in [0.25, 0.3) is 11.8 Å². The van der Waals surface area contributed by atoms with E-state index in [2.05, 4.69) is 264 Å². The maximum atomic E-state index is 11.9. The fourth-order valence-corrected chi connectivity index (χ4v) is 11.2. The number of nitrogens with zero attached hydrogens (tertiary/aromatic N) is 14. The molecule has 13 aromatic rings. The number of hydrogen-bond acceptors (Lipinski definition) is 16. The first-order chi connectivity index (χ1) is 64.8. The molecule has 21 nitrogen and oxygen atoms in total. The molecule has 9 heterocycles. The quantitative estimate of drug-likeness (QED) is 0.102. The van der Waals surface area contributed by atoms with Crippen LogP contribution in [0.5, 0.6) is 5.75 Å². The van der Waals surface area contributed by atoms with Crippen molar-refractivity contribution in [1.29, 1.82) is 0 Å². The van der Waals surface area contributed by atoms with Gasteiger partial charge in [-0.3, -0.25) is 24.1 Å². The van der Waals surface area contributed by atoms with Crippen LogP contribution in [0, 0.1) is 53.3 Å². The van der Waals surface area contributed by atoms with Gasteiger partial charge in [-0.25, -0.2) is 19.4 Å². The lowest BCUT2D eigenvalue weighted by Gasteiger charge is -2.26. The van der Waals surface area contributed by atoms with Gasteiger partial charge < -0.3 is 29.1 Å². The molecule has 4 aromatic heterocycles. The van der Waals surface area contributed by atoms with Gasteiger partial charge in [0.05, 0.1) is 58.5 Å². The Morgan fingerprint density at radius 1 is 0.321 bits per heavy atom. The first-order valence-electron chi connectivity index (χ1n) is 48.5. The van der Waals surface area contributed by atoms with E-state index in [0.29, 0.717) is 24.3 Å². The molecular formula is C116H168N14O7. The number of carbonyl (C=O) groups excluding carboxylic acids is 5. The molecule has 21 heteroatoms. The fourth-order valence-electron chi connectivity index (χ4n) is 11.2. The molecule has 0 saturated carbocycles. The van der Waals surface area contributed by atoms with Crippen LogP contribution in [0.15, 0.2) is 256 Å². The first kappa shape index (κ1) is 122. The normalized spacial score (nSPS) is 12.4. The minimum Gasteiger partial charge on any atom is -0.444 e. The van der Waals surface area contributed by atoms with Gasteiger partial charge >= 0.3 is 12.1 Å². The third-order valence-corrected chi connectivity index (χ3v) is 16.8. The molecule has 4 amide bonds. The number of aryl methyl sites for hydroxylation is 3. The number of para-hydroxylation sites is 6. The van der Waals surface area contributed by atoms with E-state index in [1.165, 1.54) is 50.9 Å². The van der Waals surface area contributed by atoms with Crippen LogP contribution >= 0.6 is 0 Å². The highest BCUT2D eigenvalue weighted by Gasteiger charge is 2.27. The summed E-state index contributed by atoms with van der Waals surface area (Å²) >= 11 is 0. The summed E-state index contributed by atoms with van der Waals surface area (Å²) < 4.78 is 11.7. The van der Waals surface area contributed by atoms with E-state index in [9.17, 15) is 24.0 Å². The second-order valence-corrected chi connectivity index (χ2v) is 39.3. The minimum absolute atomic E-state index is 0.0733. The second kappa shape index (κ2) is 70.1. The van der Waals surface area contributed by atoms with Gasteiger partial charge in [-0.1, -0.05) is 350 Å². The summed E-state index contributed by atoms with van der Waals surface area (Å²) in [5, 5.41) is 27.5. The van der Waals surface area contributed by atoms with Gasteiger partial charge in [0, 0.05) is 99.9 Å². The molecule has 9 aromatic carbocycles. The molecule has 0 saturated heterocycles. The van der Waals surface area contributed by atoms with Crippen LogP contribution < -0.4 is 19.4 Å². The number of rotatable bonds is 0. The summed E-state index contributed by atoms with van der Waals surface area (Å²) in [5.74, 6) is 8.07. The highest BCUT2D eigenvalue weighted by Crippen LogP contribution is 2.28. The third kappa shape index (κ3) is 55.2. The Bertz CT molecular complexity index is 5000. The zero-order chi connectivity index (χ0) is 103. The number of amides is 4. The minimum atomic E-state index is -0.284. The zero-order valence-electron chi connectivity index (χ0n) is 89.4. The van der Waals surface area contributed by atoms with E-state index in [0.717, 1.165) is 144 Å². The number of fused-ring (bicyclic) bond motifs is 9. The Morgan fingerprint density at radius 3 is 1.26 bits per heavy atom. The summed E-state index contributed by atoms with van der Waals surface area (Å²) in [6, 6.07) is 72.6. The van der Waals surface area contributed by atoms with Crippen molar-refractivity contribution in [1.82, 2.24) is 55.2 Å². The van der Waals surface area contributed by atoms with Crippen molar-refractivity contribution < 1.29 is 33.4 Å². The van der Waals surface area contributed by atoms with Crippen molar-refractivity contribution in [3.8, 4) is 5.75 Å². The Balaban J connectivity index is 0.000000739. The molecular weight excluding hydrogens is 1700 g/mol. The lowest BCUT2D eigenvalue weighted by molar-refractivity contribution is -0.135. The van der Waals surface area contributed by atoms with E-state index in [1.807, 2.05) is 202 Å². The van der Waals surface area contributed by atoms with Crippen LogP contribution in [0.4, 0.5) is 21.9 Å². The predicted octanol–water partition coefficient (Wildman–Crippen LogP) is 28.2. The summed E-state index contributed by atoms with van der Waals surface area (Å²) in [6.07, 6.45) is 13.2. The van der Waals surface area contributed by atoms with Gasteiger partial charge in [-0.15, -0.1) is 5.10 Å². The van der Waals surface area contributed by atoms with Crippen molar-refractivity contribution in [3.05, 3.63) is 289 Å². The molecule has 18 rings (SSSR count). The molecule has 744 valence electrons. The highest BCUT2D eigenvalue weighted by molar-refractivity contribution is 6.09. The molecule has 0 fully saturated rings. The van der Waals surface area contributed by atoms with Crippen molar-refractivity contribution in [2.45, 2.75) is 226 Å². The predicted molar refractivity (Wildman–Crippen MR) is 579 cm³/mol. The molecule has 0 radical (unpaired) electrons. The standard InChI is InChI=1S/C11H12N2O2.C10H11NO.C10H13N.C9H9NO2.C9H8O2.3C8H6N2.C7H7N3.9C4H10/c1-12-7-10(14)13(2)9-6-4-3-5-8(9)11(12)15;1-11-7-6-8-4-2-3-5-9(8)10(11)12;1-11-8-4-6-9-5-2-3-7-10(9)11;1-10-8-5-3-2-4-7(8)6-12-9(10)11;10-9-6-5-7-3-1-2-4-8(7)11-9;1-2-4-8-7(3-1)5-9-6-10-8;1-2-4-8-6-10-9-5-7(8)3-1;1-2-4-8-7(3-1)5-6-9-10-8;1-10-7-5-3-2-4-6(7)8-9-10;9*1-4(2)3/h3-6H,7H2,1-2H3;2-5H,6-7H2,1H3;2-3,5,7H,4,6,8H2,1H3;2-5H,6H2,1H3;1-4H,5-6H2;3*1-6H;2-5H,1H3;9*4H,1-3H3. The molecule has 5 aliphatic rings. The maximum absolute atomic E-state index is 11.9. The van der Waals surface area contributed by atoms with Crippen LogP contribution in [0.3, 0.4) is 0 Å². The van der Waals surface area contributed by atoms with Gasteiger partial charge in [0.15, 0.2) is 0 Å². The number of carbonyl (C=O) groups is 5. The number of likely N-dealkylation sites (N-methyl/N-ethyl adjacent to an activating group) is 3. The largest absolute Gasteiger partial charge is 0.444 e. The van der Waals surface area contributed by atoms with E-state index < -0.39 is 0 Å². The second-order valence-electron chi connectivity index (χ2n) is 39.3. The highest BCUT2D eigenvalue weighted by atomic mass is 16.6. The smallest absolute Gasteiger partial charge is 0.414 e. The van der Waals surface area contributed by atoms with E-state index in [-0.39, 0.29) is 36.3 Å². The van der Waals surface area contributed by atoms with Crippen molar-refractivity contribution >= 4 is 90.5 Å². The summed E-state index contributed by atoms with van der Waals surface area (Å²) in [4.78, 5) is 73.5. The van der Waals surface area contributed by atoms with E-state index in [1.54, 1.807) is 73.8 Å². The maximum Gasteiger partial charge on any atom is 0.414 e. The topological polar surface area (TPSA) is 228 Å². The first-order valence-corrected chi connectivity index (χ1v) is 48.5. The van der Waals surface area contributed by atoms with Crippen molar-refractivity contribution in [3.63, 3.8) is 0 Å². The van der Waals surface area contributed by atoms with Crippen LogP contribution in [-0.2, 0) is 47.2 Å². The lowest BCUT2D eigenvalue weighted by Crippen LogP contribution is -2.35. The van der Waals surface area contributed by atoms with E-state index in [4.69, 9.17) is 9.47 Å². The van der Waals surface area contributed by atoms with Crippen LogP contribution in [0.2, 0.25) is 0 Å². The average molecular weight is 1870 g/mol. The third-order valence-electron chi connectivity index (χ3n) is 16.8. The molecule has 137 heavy (non-hydrogen) atoms. The SMILES string of the molecule is CC(C)C.CC(C)C.CC(C)C.CC(C)C.CC(C)C.CC(C)C.CC(C)C.CC(C)C.CC(C)C.CN1C(=O)OCc2ccccc21.CN1CC(=O)N(C)c2ccccc2C1=O.CN1CCCc2ccccc21.CN1CCc2ccccc2C1=O.Cn1nnc2ccccc21.O=C1CCc2ccccc2O1.c1ccc2cnncc2c1.c1ccc2ncncc2c1.c1ccc2nnccc2c1. The average Bonchev–Trinajstić information content (AvgIpc) is 1.50. The van der Waals surface area contributed by atoms with Gasteiger partial charge in [-0.2, -0.15) is 20.4 Å². The molecule has 5 aliphatic heterocycles. The Labute approximate surface area is 824 Å². The van der Waals surface area contributed by atoms with Gasteiger partial charge in [-0.05, 0) is 162 Å². The molecule has 0 spiro atoms. The van der Waals surface area contributed by atoms with Gasteiger partial charge in [0.2, 0.25) is 5.91 Å². The van der Waals surface area contributed by atoms with Crippen molar-refractivity contribution in [2.75, 3.05) is 69.6 Å². The number of hydrogen-bond donors (Lipinski definition) is 0. The Morgan fingerprint density at radius 2 is 0.745 bits per heavy atom. The molecule has 0 unspecified atom stereocenters. The fraction of sp³-hybridized carbons (Fsp3) is 0.440. The summed E-state index contributed by atoms with van der Waals surface area (Å²) in [7, 11) is 10.9. The van der Waals surface area contributed by atoms with E-state index >= 15 is 0 Å². The van der Waals surface area contributed by atoms with Crippen LogP contribution in [0.1, 0.15) is 243 Å². The van der Waals surface area contributed by atoms with Crippen LogP contribution in [0.25, 0.3) is 43.6 Å². The van der Waals surface area contributed by atoms with Crippen molar-refractivity contribution in [2.24, 2.45) is 60.3 Å². The monoisotopic (exact) mass is 1870 g/mol. The Kier molecular flexibility index (Phi) is 62.6. The summed E-state index contributed by atoms with van der Waals surface area (Å²) in [5.41, 5.74) is 13.3. The van der Waals surface area contributed by atoms with Crippen LogP contribution in [-0.4, -0.2) is 140 Å². The number of aromatic nitrogens is 9. The molecule has 0 bridgehead atoms. The molecule has 0 N–H and O–H groups in total. The number of esters is 1. The number of anilines is 3. The molecule has 0 aliphatic carbocycles. The zero-order valence-corrected chi connectivity index (χ0v) is 89.4. The number of benzene rings is 9. The molecule has 0 atom stereocenters. The lowest BCUT2D eigenvalue weighted by atomic mass is 10.00. The number of ether oxygens (including phenoxy) is 2. The Hall–Kier alpha value is -12.7.